The first kappa shape index (κ1) is 14.6. The fourth-order valence-electron chi connectivity index (χ4n) is 2.29. The van der Waals surface area contributed by atoms with Crippen LogP contribution in [0.2, 0.25) is 0 Å². The van der Waals surface area contributed by atoms with Gasteiger partial charge in [-0.1, -0.05) is 6.07 Å². The molecular weight excluding hydrogens is 254 g/mol. The highest BCUT2D eigenvalue weighted by Crippen LogP contribution is 2.12. The lowest BCUT2D eigenvalue weighted by Gasteiger charge is -2.37. The zero-order valence-corrected chi connectivity index (χ0v) is 12.2. The summed E-state index contributed by atoms with van der Waals surface area (Å²) in [4.78, 5) is 13.3. The quantitative estimate of drug-likeness (QED) is 0.491. The Morgan fingerprint density at radius 1 is 1.35 bits per heavy atom. The summed E-state index contributed by atoms with van der Waals surface area (Å²) < 4.78 is 5.05. The minimum absolute atomic E-state index is 0.687. The zero-order valence-electron chi connectivity index (χ0n) is 12.2. The summed E-state index contributed by atoms with van der Waals surface area (Å²) in [7, 11) is 3.52. The molecule has 6 heteroatoms. The van der Waals surface area contributed by atoms with Crippen LogP contribution in [0.1, 0.15) is 0 Å². The molecule has 0 saturated carbocycles. The van der Waals surface area contributed by atoms with Gasteiger partial charge in [-0.3, -0.25) is 4.99 Å². The van der Waals surface area contributed by atoms with Crippen molar-refractivity contribution < 1.29 is 4.74 Å². The molecule has 110 valence electrons. The number of methoxy groups -OCH3 is 1. The molecule has 1 aliphatic rings. The highest BCUT2D eigenvalue weighted by Gasteiger charge is 2.19. The Morgan fingerprint density at radius 2 is 2.15 bits per heavy atom. The van der Waals surface area contributed by atoms with E-state index in [-0.39, 0.29) is 0 Å². The summed E-state index contributed by atoms with van der Waals surface area (Å²) in [5.74, 6) is 2.00. The number of guanidine groups is 1. The summed E-state index contributed by atoms with van der Waals surface area (Å²) in [5.41, 5.74) is 0. The fraction of sp³-hybridized carbons (Fsp3) is 0.571. The van der Waals surface area contributed by atoms with Gasteiger partial charge in [0.1, 0.15) is 5.82 Å². The molecule has 0 atom stereocenters. The molecule has 1 aromatic heterocycles. The lowest BCUT2D eigenvalue weighted by atomic mass is 10.3. The van der Waals surface area contributed by atoms with Crippen molar-refractivity contribution in [2.24, 2.45) is 4.99 Å². The second-order valence-corrected chi connectivity index (χ2v) is 4.63. The summed E-state index contributed by atoms with van der Waals surface area (Å²) >= 11 is 0. The first-order valence-electron chi connectivity index (χ1n) is 6.95. The van der Waals surface area contributed by atoms with Gasteiger partial charge >= 0.3 is 0 Å². The van der Waals surface area contributed by atoms with E-state index in [4.69, 9.17) is 4.74 Å². The lowest BCUT2D eigenvalue weighted by Crippen LogP contribution is -2.53. The summed E-state index contributed by atoms with van der Waals surface area (Å²) in [6.45, 7) is 5.28. The molecule has 2 heterocycles. The lowest BCUT2D eigenvalue weighted by molar-refractivity contribution is 0.202. The van der Waals surface area contributed by atoms with Crippen LogP contribution < -0.4 is 10.2 Å². The predicted octanol–water partition coefficient (Wildman–Crippen LogP) is 0.425. The molecule has 0 spiro atoms. The average Bonchev–Trinajstić information content (AvgIpc) is 2.53. The van der Waals surface area contributed by atoms with Crippen molar-refractivity contribution in [3.8, 4) is 0 Å². The third-order valence-corrected chi connectivity index (χ3v) is 3.35. The molecule has 1 aromatic rings. The Balaban J connectivity index is 1.84. The van der Waals surface area contributed by atoms with Crippen molar-refractivity contribution in [3.05, 3.63) is 24.4 Å². The molecule has 0 aliphatic carbocycles. The number of piperazine rings is 1. The molecule has 0 amide bonds. The topological polar surface area (TPSA) is 53.0 Å². The molecule has 0 aromatic carbocycles. The molecule has 1 saturated heterocycles. The molecule has 0 bridgehead atoms. The Hall–Kier alpha value is -1.82. The van der Waals surface area contributed by atoms with E-state index in [0.29, 0.717) is 6.61 Å². The van der Waals surface area contributed by atoms with Crippen molar-refractivity contribution in [1.29, 1.82) is 0 Å². The molecule has 20 heavy (non-hydrogen) atoms. The Bertz CT molecular complexity index is 415. The van der Waals surface area contributed by atoms with E-state index < -0.39 is 0 Å². The van der Waals surface area contributed by atoms with Crippen LogP contribution in [0.4, 0.5) is 5.82 Å². The number of pyridine rings is 1. The first-order valence-corrected chi connectivity index (χ1v) is 6.95. The van der Waals surface area contributed by atoms with Gasteiger partial charge in [-0.15, -0.1) is 0 Å². The van der Waals surface area contributed by atoms with E-state index in [1.807, 2.05) is 25.4 Å². The van der Waals surface area contributed by atoms with Crippen LogP contribution in [0.15, 0.2) is 29.4 Å². The number of aliphatic imine (C=N–C) groups is 1. The molecule has 0 unspecified atom stereocenters. The Morgan fingerprint density at radius 3 is 2.75 bits per heavy atom. The van der Waals surface area contributed by atoms with Crippen molar-refractivity contribution in [2.75, 3.05) is 58.4 Å². The second-order valence-electron chi connectivity index (χ2n) is 4.63. The Kier molecular flexibility index (Phi) is 5.61. The number of hydrogen-bond acceptors (Lipinski definition) is 4. The number of anilines is 1. The summed E-state index contributed by atoms with van der Waals surface area (Å²) in [6.07, 6.45) is 1.84. The van der Waals surface area contributed by atoms with Gasteiger partial charge < -0.3 is 19.9 Å². The molecule has 1 fully saturated rings. The van der Waals surface area contributed by atoms with Gasteiger partial charge in [0.05, 0.1) is 6.61 Å². The van der Waals surface area contributed by atoms with E-state index in [2.05, 4.69) is 31.2 Å². The highest BCUT2D eigenvalue weighted by molar-refractivity contribution is 5.80. The van der Waals surface area contributed by atoms with Crippen molar-refractivity contribution in [2.45, 2.75) is 0 Å². The second kappa shape index (κ2) is 7.69. The molecule has 6 nitrogen and oxygen atoms in total. The highest BCUT2D eigenvalue weighted by atomic mass is 16.5. The van der Waals surface area contributed by atoms with Crippen LogP contribution >= 0.6 is 0 Å². The van der Waals surface area contributed by atoms with Gasteiger partial charge in [0.25, 0.3) is 0 Å². The van der Waals surface area contributed by atoms with Gasteiger partial charge in [0.2, 0.25) is 0 Å². The van der Waals surface area contributed by atoms with E-state index in [0.717, 1.165) is 44.5 Å². The van der Waals surface area contributed by atoms with E-state index in [9.17, 15) is 0 Å². The predicted molar refractivity (Wildman–Crippen MR) is 81.3 cm³/mol. The number of ether oxygens (including phenoxy) is 1. The van der Waals surface area contributed by atoms with Crippen molar-refractivity contribution in [3.63, 3.8) is 0 Å². The van der Waals surface area contributed by atoms with Gasteiger partial charge in [-0.2, -0.15) is 0 Å². The normalized spacial score (nSPS) is 16.4. The maximum absolute atomic E-state index is 5.05. The molecule has 1 N–H and O–H groups in total. The summed E-state index contributed by atoms with van der Waals surface area (Å²) in [5, 5.41) is 3.31. The first-order chi connectivity index (χ1) is 9.85. The van der Waals surface area contributed by atoms with Gasteiger partial charge in [0.15, 0.2) is 5.96 Å². The van der Waals surface area contributed by atoms with Crippen molar-refractivity contribution in [1.82, 2.24) is 15.2 Å². The maximum Gasteiger partial charge on any atom is 0.193 e. The molecule has 1 aliphatic heterocycles. The van der Waals surface area contributed by atoms with Gasteiger partial charge in [0, 0.05) is 53.1 Å². The van der Waals surface area contributed by atoms with Crippen LogP contribution in [0, 0.1) is 0 Å². The van der Waals surface area contributed by atoms with Crippen LogP contribution in [0.5, 0.6) is 0 Å². The average molecular weight is 277 g/mol. The maximum atomic E-state index is 5.05. The van der Waals surface area contributed by atoms with Crippen LogP contribution in [0.25, 0.3) is 0 Å². The van der Waals surface area contributed by atoms with Crippen molar-refractivity contribution >= 4 is 11.8 Å². The minimum atomic E-state index is 0.687. The van der Waals surface area contributed by atoms with Gasteiger partial charge in [-0.25, -0.2) is 4.98 Å². The monoisotopic (exact) mass is 277 g/mol. The number of hydrogen-bond donors (Lipinski definition) is 1. The van der Waals surface area contributed by atoms with Crippen LogP contribution in [0.3, 0.4) is 0 Å². The van der Waals surface area contributed by atoms with Gasteiger partial charge in [-0.05, 0) is 12.1 Å². The molecule has 0 radical (unpaired) electrons. The number of nitrogens with zero attached hydrogens (tertiary/aromatic N) is 4. The van der Waals surface area contributed by atoms with E-state index in [1.165, 1.54) is 0 Å². The molecular formula is C14H23N5O. The van der Waals surface area contributed by atoms with E-state index >= 15 is 0 Å². The minimum Gasteiger partial charge on any atom is -0.383 e. The third-order valence-electron chi connectivity index (χ3n) is 3.35. The number of aromatic nitrogens is 1. The fourth-order valence-corrected chi connectivity index (χ4v) is 2.29. The van der Waals surface area contributed by atoms with Crippen LogP contribution in [-0.4, -0.2) is 69.3 Å². The number of nitrogens with one attached hydrogen (secondary N) is 1. The standard InChI is InChI=1S/C14H23N5O/c1-15-14(17-7-12-20-2)19-10-8-18(9-11-19)13-5-3-4-6-16-13/h3-6H,7-12H2,1-2H3,(H,15,17). The van der Waals surface area contributed by atoms with Crippen LogP contribution in [-0.2, 0) is 4.74 Å². The Labute approximate surface area is 120 Å². The third kappa shape index (κ3) is 3.84. The zero-order chi connectivity index (χ0) is 14.2. The smallest absolute Gasteiger partial charge is 0.193 e. The van der Waals surface area contributed by atoms with E-state index in [1.54, 1.807) is 7.11 Å². The number of rotatable bonds is 4. The molecule has 2 rings (SSSR count). The summed E-state index contributed by atoms with van der Waals surface area (Å²) in [6, 6.07) is 6.03. The largest absolute Gasteiger partial charge is 0.383 e. The SMILES string of the molecule is CN=C(NCCOC)N1CCN(c2ccccn2)CC1.